The Morgan fingerprint density at radius 2 is 1.83 bits per heavy atom. The maximum Gasteiger partial charge on any atom is 0.410 e. The summed E-state index contributed by atoms with van der Waals surface area (Å²) < 4.78 is 11.0. The van der Waals surface area contributed by atoms with E-state index in [0.29, 0.717) is 41.7 Å². The lowest BCUT2D eigenvalue weighted by Crippen LogP contribution is -2.35. The number of aromatic hydroxyl groups is 1. The van der Waals surface area contributed by atoms with Crippen LogP contribution in [0.5, 0.6) is 11.5 Å². The summed E-state index contributed by atoms with van der Waals surface area (Å²) in [7, 11) is 0. The number of pyridine rings is 2. The molecular weight excluding hydrogens is 417 g/mol. The molecule has 1 amide bonds. The lowest BCUT2D eigenvalue weighted by molar-refractivity contribution is 0.0284. The second-order valence-electron chi connectivity index (χ2n) is 7.55. The Labute approximate surface area is 180 Å². The zero-order valence-electron chi connectivity index (χ0n) is 16.6. The average molecular weight is 442 g/mol. The summed E-state index contributed by atoms with van der Waals surface area (Å²) in [5, 5.41) is 9.47. The van der Waals surface area contributed by atoms with Gasteiger partial charge in [-0.05, 0) is 51.5 Å². The fraction of sp³-hybridized carbons (Fsp3) is 0.450. The molecule has 1 aliphatic rings. The van der Waals surface area contributed by atoms with Crippen LogP contribution in [0.25, 0.3) is 0 Å². The van der Waals surface area contributed by atoms with Crippen molar-refractivity contribution in [1.29, 1.82) is 0 Å². The van der Waals surface area contributed by atoms with Crippen LogP contribution in [-0.4, -0.2) is 51.4 Å². The highest BCUT2D eigenvalue weighted by Gasteiger charge is 2.30. The SMILES string of the molecule is CC(C)(C)OC(=O)N1CCC(COc2ccc(Cl)nc2)C1.Oc1ccc(Cl)nc1. The molecule has 0 aliphatic carbocycles. The highest BCUT2D eigenvalue weighted by atomic mass is 35.5. The third-order valence-electron chi connectivity index (χ3n) is 3.84. The molecule has 2 aromatic heterocycles. The summed E-state index contributed by atoms with van der Waals surface area (Å²) >= 11 is 11.1. The van der Waals surface area contributed by atoms with Gasteiger partial charge in [0, 0.05) is 19.0 Å². The van der Waals surface area contributed by atoms with Crippen molar-refractivity contribution in [2.45, 2.75) is 32.8 Å². The van der Waals surface area contributed by atoms with Crippen molar-refractivity contribution in [1.82, 2.24) is 14.9 Å². The fourth-order valence-electron chi connectivity index (χ4n) is 2.49. The summed E-state index contributed by atoms with van der Waals surface area (Å²) in [6.45, 7) is 7.54. The molecule has 1 atom stereocenters. The molecule has 1 unspecified atom stereocenters. The Kier molecular flexibility index (Phi) is 8.34. The molecule has 0 spiro atoms. The van der Waals surface area contributed by atoms with Crippen molar-refractivity contribution in [3.63, 3.8) is 0 Å². The first-order valence-electron chi connectivity index (χ1n) is 9.15. The van der Waals surface area contributed by atoms with Crippen LogP contribution in [0.1, 0.15) is 27.2 Å². The Bertz CT molecular complexity index is 759. The highest BCUT2D eigenvalue weighted by Crippen LogP contribution is 2.21. The number of aromatic nitrogens is 2. The van der Waals surface area contributed by atoms with Crippen LogP contribution < -0.4 is 4.74 Å². The van der Waals surface area contributed by atoms with E-state index < -0.39 is 5.60 Å². The number of halogens is 2. The molecule has 1 N–H and O–H groups in total. The van der Waals surface area contributed by atoms with Gasteiger partial charge < -0.3 is 19.5 Å². The van der Waals surface area contributed by atoms with Crippen molar-refractivity contribution in [3.8, 4) is 11.5 Å². The van der Waals surface area contributed by atoms with Crippen LogP contribution in [-0.2, 0) is 4.74 Å². The molecule has 3 heterocycles. The maximum absolute atomic E-state index is 12.0. The Morgan fingerprint density at radius 3 is 2.34 bits per heavy atom. The summed E-state index contributed by atoms with van der Waals surface area (Å²) in [6, 6.07) is 6.49. The van der Waals surface area contributed by atoms with Crippen LogP contribution in [0.3, 0.4) is 0 Å². The van der Waals surface area contributed by atoms with Gasteiger partial charge in [-0.2, -0.15) is 0 Å². The van der Waals surface area contributed by atoms with E-state index in [9.17, 15) is 4.79 Å². The van der Waals surface area contributed by atoms with Crippen molar-refractivity contribution >= 4 is 29.3 Å². The molecule has 7 nitrogen and oxygen atoms in total. The Hall–Kier alpha value is -2.25. The van der Waals surface area contributed by atoms with Crippen LogP contribution in [0.15, 0.2) is 36.7 Å². The van der Waals surface area contributed by atoms with Crippen molar-refractivity contribution < 1.29 is 19.4 Å². The largest absolute Gasteiger partial charge is 0.506 e. The minimum Gasteiger partial charge on any atom is -0.506 e. The standard InChI is InChI=1S/C15H21ClN2O3.C5H4ClNO/c1-15(2,3)21-14(19)18-7-6-11(9-18)10-20-12-4-5-13(16)17-8-12;6-5-2-1-4(8)3-7-5/h4-5,8,11H,6-7,9-10H2,1-3H3;1-3,8H. The van der Waals surface area contributed by atoms with E-state index in [1.165, 1.54) is 18.3 Å². The monoisotopic (exact) mass is 441 g/mol. The van der Waals surface area contributed by atoms with Gasteiger partial charge in [-0.25, -0.2) is 14.8 Å². The third kappa shape index (κ3) is 8.75. The molecule has 0 bridgehead atoms. The Balaban J connectivity index is 0.000000313. The summed E-state index contributed by atoms with van der Waals surface area (Å²) in [5.41, 5.74) is -0.458. The minimum absolute atomic E-state index is 0.134. The predicted octanol–water partition coefficient (Wildman–Crippen LogP) is 4.81. The quantitative estimate of drug-likeness (QED) is 0.687. The third-order valence-corrected chi connectivity index (χ3v) is 4.28. The van der Waals surface area contributed by atoms with Crippen LogP contribution in [0, 0.1) is 5.92 Å². The number of rotatable bonds is 3. The predicted molar refractivity (Wildman–Crippen MR) is 112 cm³/mol. The number of hydrogen-bond acceptors (Lipinski definition) is 6. The molecule has 1 saturated heterocycles. The smallest absolute Gasteiger partial charge is 0.410 e. The van der Waals surface area contributed by atoms with Gasteiger partial charge in [0.1, 0.15) is 27.4 Å². The highest BCUT2D eigenvalue weighted by molar-refractivity contribution is 6.29. The molecule has 1 aliphatic heterocycles. The number of carbonyl (C=O) groups is 1. The maximum atomic E-state index is 12.0. The molecule has 29 heavy (non-hydrogen) atoms. The minimum atomic E-state index is -0.458. The molecule has 1 fully saturated rings. The van der Waals surface area contributed by atoms with Gasteiger partial charge in [0.15, 0.2) is 0 Å². The zero-order valence-corrected chi connectivity index (χ0v) is 18.2. The first-order chi connectivity index (χ1) is 13.6. The van der Waals surface area contributed by atoms with Crippen LogP contribution >= 0.6 is 23.2 Å². The van der Waals surface area contributed by atoms with E-state index in [1.807, 2.05) is 20.8 Å². The summed E-state index contributed by atoms with van der Waals surface area (Å²) in [6.07, 6.45) is 3.56. The number of ether oxygens (including phenoxy) is 2. The van der Waals surface area contributed by atoms with E-state index in [-0.39, 0.29) is 11.8 Å². The average Bonchev–Trinajstić information content (AvgIpc) is 3.12. The lowest BCUT2D eigenvalue weighted by atomic mass is 10.1. The van der Waals surface area contributed by atoms with E-state index >= 15 is 0 Å². The normalized spacial score (nSPS) is 16.0. The number of hydrogen-bond donors (Lipinski definition) is 1. The zero-order chi connectivity index (χ0) is 21.4. The van der Waals surface area contributed by atoms with E-state index in [0.717, 1.165) is 6.42 Å². The summed E-state index contributed by atoms with van der Waals surface area (Å²) in [4.78, 5) is 21.2. The molecule has 158 valence electrons. The molecular formula is C20H25Cl2N3O4. The number of likely N-dealkylation sites (tertiary alicyclic amines) is 1. The molecule has 9 heteroatoms. The van der Waals surface area contributed by atoms with Crippen molar-refractivity contribution in [3.05, 3.63) is 47.0 Å². The Morgan fingerprint density at radius 1 is 1.17 bits per heavy atom. The number of amides is 1. The molecule has 0 radical (unpaired) electrons. The van der Waals surface area contributed by atoms with E-state index in [1.54, 1.807) is 23.2 Å². The van der Waals surface area contributed by atoms with Gasteiger partial charge >= 0.3 is 6.09 Å². The second-order valence-corrected chi connectivity index (χ2v) is 8.32. The van der Waals surface area contributed by atoms with Crippen molar-refractivity contribution in [2.75, 3.05) is 19.7 Å². The van der Waals surface area contributed by atoms with Crippen molar-refractivity contribution in [2.24, 2.45) is 5.92 Å². The van der Waals surface area contributed by atoms with Gasteiger partial charge in [-0.1, -0.05) is 23.2 Å². The van der Waals surface area contributed by atoms with Gasteiger partial charge in [0.25, 0.3) is 0 Å². The topological polar surface area (TPSA) is 84.8 Å². The van der Waals surface area contributed by atoms with Gasteiger partial charge in [0.2, 0.25) is 0 Å². The van der Waals surface area contributed by atoms with E-state index in [4.69, 9.17) is 37.8 Å². The van der Waals surface area contributed by atoms with Crippen LogP contribution in [0.2, 0.25) is 10.3 Å². The number of nitrogens with zero attached hydrogens (tertiary/aromatic N) is 3. The first-order valence-corrected chi connectivity index (χ1v) is 9.91. The van der Waals surface area contributed by atoms with Gasteiger partial charge in [-0.3, -0.25) is 0 Å². The first kappa shape index (κ1) is 23.0. The fourth-order valence-corrected chi connectivity index (χ4v) is 2.71. The lowest BCUT2D eigenvalue weighted by Gasteiger charge is -2.24. The van der Waals surface area contributed by atoms with Crippen LogP contribution in [0.4, 0.5) is 4.79 Å². The number of carbonyl (C=O) groups excluding carboxylic acids is 1. The van der Waals surface area contributed by atoms with Gasteiger partial charge in [0.05, 0.1) is 19.0 Å². The molecule has 0 aromatic carbocycles. The van der Waals surface area contributed by atoms with E-state index in [2.05, 4.69) is 9.97 Å². The molecule has 3 rings (SSSR count). The summed E-state index contributed by atoms with van der Waals surface area (Å²) in [5.74, 6) is 1.14. The van der Waals surface area contributed by atoms with Gasteiger partial charge in [-0.15, -0.1) is 0 Å². The molecule has 2 aromatic rings. The second kappa shape index (κ2) is 10.5. The molecule has 0 saturated carbocycles.